The molecule has 3 aliphatic rings. The SMILES string of the molecule is O=S(=O)(NCCOc1ccc2c(c1)C(Cc1ccccc1)C(N1CCC1)CC2)C1CCC1. The van der Waals surface area contributed by atoms with Crippen molar-refractivity contribution in [1.82, 2.24) is 9.62 Å². The van der Waals surface area contributed by atoms with Gasteiger partial charge < -0.3 is 4.74 Å². The first-order chi connectivity index (χ1) is 15.6. The lowest BCUT2D eigenvalue weighted by atomic mass is 9.75. The van der Waals surface area contributed by atoms with E-state index in [1.165, 1.54) is 42.6 Å². The highest BCUT2D eigenvalue weighted by atomic mass is 32.2. The Hall–Kier alpha value is -1.89. The Kier molecular flexibility index (Phi) is 6.54. The molecule has 2 unspecified atom stereocenters. The number of likely N-dealkylation sites (tertiary alicyclic amines) is 1. The maximum Gasteiger partial charge on any atom is 0.214 e. The van der Waals surface area contributed by atoms with Crippen molar-refractivity contribution in [2.24, 2.45) is 0 Å². The van der Waals surface area contributed by atoms with Crippen LogP contribution in [0.1, 0.15) is 54.7 Å². The van der Waals surface area contributed by atoms with Gasteiger partial charge in [0.1, 0.15) is 12.4 Å². The number of nitrogens with zero attached hydrogens (tertiary/aromatic N) is 1. The number of sulfonamides is 1. The smallest absolute Gasteiger partial charge is 0.214 e. The summed E-state index contributed by atoms with van der Waals surface area (Å²) in [5.41, 5.74) is 4.22. The van der Waals surface area contributed by atoms with Crippen molar-refractivity contribution < 1.29 is 13.2 Å². The third-order valence-corrected chi connectivity index (χ3v) is 9.47. The van der Waals surface area contributed by atoms with Crippen LogP contribution >= 0.6 is 0 Å². The summed E-state index contributed by atoms with van der Waals surface area (Å²) in [6, 6.07) is 17.9. The molecule has 1 saturated heterocycles. The van der Waals surface area contributed by atoms with Crippen molar-refractivity contribution in [3.63, 3.8) is 0 Å². The van der Waals surface area contributed by atoms with E-state index in [1.807, 2.05) is 6.07 Å². The van der Waals surface area contributed by atoms with Crippen LogP contribution in [0.25, 0.3) is 0 Å². The Morgan fingerprint density at radius 1 is 1.00 bits per heavy atom. The highest BCUT2D eigenvalue weighted by Gasteiger charge is 2.36. The van der Waals surface area contributed by atoms with E-state index < -0.39 is 10.0 Å². The van der Waals surface area contributed by atoms with E-state index in [9.17, 15) is 8.42 Å². The summed E-state index contributed by atoms with van der Waals surface area (Å²) < 4.78 is 33.1. The van der Waals surface area contributed by atoms with Crippen LogP contribution in [0, 0.1) is 0 Å². The van der Waals surface area contributed by atoms with Crippen LogP contribution in [0.4, 0.5) is 0 Å². The van der Waals surface area contributed by atoms with E-state index in [4.69, 9.17) is 4.74 Å². The minimum absolute atomic E-state index is 0.205. The topological polar surface area (TPSA) is 58.6 Å². The molecule has 172 valence electrons. The number of hydrogen-bond acceptors (Lipinski definition) is 4. The molecule has 2 aliphatic carbocycles. The van der Waals surface area contributed by atoms with E-state index in [-0.39, 0.29) is 5.25 Å². The van der Waals surface area contributed by atoms with E-state index in [0.717, 1.165) is 37.9 Å². The van der Waals surface area contributed by atoms with E-state index >= 15 is 0 Å². The highest BCUT2D eigenvalue weighted by Crippen LogP contribution is 2.40. The van der Waals surface area contributed by atoms with Crippen molar-refractivity contribution in [2.75, 3.05) is 26.2 Å². The second-order valence-corrected chi connectivity index (χ2v) is 11.5. The van der Waals surface area contributed by atoms with Crippen LogP contribution in [-0.4, -0.2) is 50.9 Å². The van der Waals surface area contributed by atoms with Gasteiger partial charge in [0.2, 0.25) is 10.0 Å². The molecule has 2 fully saturated rings. The van der Waals surface area contributed by atoms with Gasteiger partial charge >= 0.3 is 0 Å². The molecule has 32 heavy (non-hydrogen) atoms. The van der Waals surface area contributed by atoms with Crippen LogP contribution in [0.15, 0.2) is 48.5 Å². The first-order valence-corrected chi connectivity index (χ1v) is 13.7. The van der Waals surface area contributed by atoms with Gasteiger partial charge in [0.05, 0.1) is 5.25 Å². The lowest BCUT2D eigenvalue weighted by Crippen LogP contribution is -2.49. The summed E-state index contributed by atoms with van der Waals surface area (Å²) >= 11 is 0. The van der Waals surface area contributed by atoms with Crippen molar-refractivity contribution >= 4 is 10.0 Å². The molecular formula is C26H34N2O3S. The van der Waals surface area contributed by atoms with Gasteiger partial charge in [-0.1, -0.05) is 42.8 Å². The highest BCUT2D eigenvalue weighted by molar-refractivity contribution is 7.90. The first kappa shape index (κ1) is 21.9. The number of fused-ring (bicyclic) bond motifs is 1. The Labute approximate surface area is 192 Å². The monoisotopic (exact) mass is 454 g/mol. The molecular weight excluding hydrogens is 420 g/mol. The molecule has 5 nitrogen and oxygen atoms in total. The maximum atomic E-state index is 12.2. The standard InChI is InChI=1S/C26H34N2O3S/c29-32(30,23-8-4-9-23)27-14-17-31-22-12-10-21-11-13-26(28-15-5-16-28)25(24(21)19-22)18-20-6-2-1-3-7-20/h1-3,6-7,10,12,19,23,25-27H,4-5,8-9,11,13-18H2. The normalized spacial score (nSPS) is 23.8. The van der Waals surface area contributed by atoms with Crippen LogP contribution in [0.2, 0.25) is 0 Å². The largest absolute Gasteiger partial charge is 0.492 e. The zero-order chi connectivity index (χ0) is 22.0. The Balaban J connectivity index is 1.28. The van der Waals surface area contributed by atoms with Gasteiger partial charge in [0.15, 0.2) is 0 Å². The third kappa shape index (κ3) is 4.73. The molecule has 2 atom stereocenters. The molecule has 0 spiro atoms. The minimum Gasteiger partial charge on any atom is -0.492 e. The molecule has 0 radical (unpaired) electrons. The second kappa shape index (κ2) is 9.54. The van der Waals surface area contributed by atoms with E-state index in [0.29, 0.717) is 25.1 Å². The van der Waals surface area contributed by atoms with Crippen LogP contribution in [-0.2, 0) is 22.9 Å². The van der Waals surface area contributed by atoms with Gasteiger partial charge in [0.25, 0.3) is 0 Å². The van der Waals surface area contributed by atoms with Crippen molar-refractivity contribution in [1.29, 1.82) is 0 Å². The molecule has 0 bridgehead atoms. The lowest BCUT2D eigenvalue weighted by molar-refractivity contribution is 0.0876. The van der Waals surface area contributed by atoms with Gasteiger partial charge in [0, 0.05) is 18.5 Å². The zero-order valence-electron chi connectivity index (χ0n) is 18.7. The summed E-state index contributed by atoms with van der Waals surface area (Å²) in [6.45, 7) is 3.09. The van der Waals surface area contributed by atoms with Gasteiger partial charge in [-0.3, -0.25) is 4.90 Å². The summed E-state index contributed by atoms with van der Waals surface area (Å²) in [7, 11) is -3.18. The number of benzene rings is 2. The molecule has 2 aromatic carbocycles. The number of ether oxygens (including phenoxy) is 1. The fourth-order valence-electron chi connectivity index (χ4n) is 5.32. The zero-order valence-corrected chi connectivity index (χ0v) is 19.5. The van der Waals surface area contributed by atoms with Crippen LogP contribution in [0.5, 0.6) is 5.75 Å². The maximum absolute atomic E-state index is 12.2. The quantitative estimate of drug-likeness (QED) is 0.584. The molecule has 1 N–H and O–H groups in total. The number of hydrogen-bond donors (Lipinski definition) is 1. The summed E-state index contributed by atoms with van der Waals surface area (Å²) in [6.07, 6.45) is 7.25. The summed E-state index contributed by atoms with van der Waals surface area (Å²) in [4.78, 5) is 2.65. The number of aryl methyl sites for hydroxylation is 1. The second-order valence-electron chi connectivity index (χ2n) is 9.49. The van der Waals surface area contributed by atoms with Crippen LogP contribution < -0.4 is 9.46 Å². The number of rotatable bonds is 9. The molecule has 0 aromatic heterocycles. The van der Waals surface area contributed by atoms with Gasteiger partial charge in [-0.2, -0.15) is 0 Å². The molecule has 1 aliphatic heterocycles. The van der Waals surface area contributed by atoms with Gasteiger partial charge in [-0.25, -0.2) is 13.1 Å². The van der Waals surface area contributed by atoms with Gasteiger partial charge in [-0.05, 0) is 80.4 Å². The van der Waals surface area contributed by atoms with Crippen molar-refractivity contribution in [2.45, 2.75) is 62.2 Å². The Morgan fingerprint density at radius 3 is 2.50 bits per heavy atom. The predicted octanol–water partition coefficient (Wildman–Crippen LogP) is 3.88. The summed E-state index contributed by atoms with van der Waals surface area (Å²) in [5.74, 6) is 1.30. The molecule has 5 rings (SSSR count). The molecule has 1 heterocycles. The first-order valence-electron chi connectivity index (χ1n) is 12.1. The van der Waals surface area contributed by atoms with Crippen LogP contribution in [0.3, 0.4) is 0 Å². The third-order valence-electron chi connectivity index (χ3n) is 7.51. The average Bonchev–Trinajstić information content (AvgIpc) is 2.71. The van der Waals surface area contributed by atoms with Gasteiger partial charge in [-0.15, -0.1) is 0 Å². The van der Waals surface area contributed by atoms with E-state index in [2.05, 4.69) is 52.1 Å². The molecule has 6 heteroatoms. The molecule has 1 saturated carbocycles. The fraction of sp³-hybridized carbons (Fsp3) is 0.538. The predicted molar refractivity (Wildman–Crippen MR) is 128 cm³/mol. The summed E-state index contributed by atoms with van der Waals surface area (Å²) in [5, 5.41) is -0.205. The van der Waals surface area contributed by atoms with Crippen molar-refractivity contribution in [3.05, 3.63) is 65.2 Å². The number of nitrogens with one attached hydrogen (secondary N) is 1. The Morgan fingerprint density at radius 2 is 1.81 bits per heavy atom. The molecule has 0 amide bonds. The lowest BCUT2D eigenvalue weighted by Gasteiger charge is -2.45. The van der Waals surface area contributed by atoms with E-state index in [1.54, 1.807) is 0 Å². The molecule has 2 aromatic rings. The fourth-order valence-corrected chi connectivity index (χ4v) is 6.88. The van der Waals surface area contributed by atoms with Crippen molar-refractivity contribution in [3.8, 4) is 5.75 Å². The Bertz CT molecular complexity index is 1020. The average molecular weight is 455 g/mol. The minimum atomic E-state index is -3.18.